The average Bonchev–Trinajstić information content (AvgIpc) is 2.75. The van der Waals surface area contributed by atoms with Gasteiger partial charge in [-0.05, 0) is 42.3 Å². The lowest BCUT2D eigenvalue weighted by Gasteiger charge is -2.34. The fourth-order valence-corrected chi connectivity index (χ4v) is 3.88. The van der Waals surface area contributed by atoms with Crippen LogP contribution in [-0.2, 0) is 25.6 Å². The maximum atomic E-state index is 13.0. The monoisotopic (exact) mass is 427 g/mol. The average molecular weight is 428 g/mol. The summed E-state index contributed by atoms with van der Waals surface area (Å²) in [6, 6.07) is 14.0. The van der Waals surface area contributed by atoms with Crippen molar-refractivity contribution in [2.24, 2.45) is 0 Å². The Morgan fingerprint density at radius 1 is 1.07 bits per heavy atom. The van der Waals surface area contributed by atoms with Crippen LogP contribution in [0.2, 0.25) is 5.02 Å². The summed E-state index contributed by atoms with van der Waals surface area (Å²) in [5, 5.41) is 0.531. The summed E-state index contributed by atoms with van der Waals surface area (Å²) >= 11 is 6.12. The molecule has 1 heterocycles. The Kier molecular flexibility index (Phi) is 6.57. The summed E-state index contributed by atoms with van der Waals surface area (Å²) in [6.45, 7) is 1.95. The van der Waals surface area contributed by atoms with E-state index < -0.39 is 17.9 Å². The van der Waals surface area contributed by atoms with Crippen molar-refractivity contribution in [1.82, 2.24) is 4.90 Å². The fourth-order valence-electron chi connectivity index (χ4n) is 3.68. The van der Waals surface area contributed by atoms with Crippen LogP contribution in [0.3, 0.4) is 0 Å². The number of rotatable bonds is 5. The van der Waals surface area contributed by atoms with E-state index >= 15 is 0 Å². The second kappa shape index (κ2) is 9.13. The van der Waals surface area contributed by atoms with Gasteiger partial charge in [-0.1, -0.05) is 35.9 Å². The number of benzene rings is 2. The number of nitrogens with zero attached hydrogens (tertiary/aromatic N) is 1. The molecule has 0 aromatic heterocycles. The lowest BCUT2D eigenvalue weighted by Crippen LogP contribution is -2.38. The van der Waals surface area contributed by atoms with E-state index in [0.29, 0.717) is 21.9 Å². The van der Waals surface area contributed by atoms with E-state index in [1.165, 1.54) is 14.2 Å². The standard InChI is InChI=1S/C23H22ClNO5/c1-14-21(23(28)30-3)19(16-7-5-9-18(24)11-16)12-20(26)25(14)13-15-6-4-8-17(10-15)22(27)29-2/h4-11,19H,12-13H2,1-3H3. The van der Waals surface area contributed by atoms with Gasteiger partial charge in [0.15, 0.2) is 0 Å². The van der Waals surface area contributed by atoms with Crippen molar-refractivity contribution in [3.63, 3.8) is 0 Å². The Bertz CT molecular complexity index is 1030. The molecule has 0 saturated heterocycles. The minimum atomic E-state index is -0.488. The van der Waals surface area contributed by atoms with Crippen LogP contribution in [0.15, 0.2) is 59.8 Å². The number of amides is 1. The van der Waals surface area contributed by atoms with Gasteiger partial charge < -0.3 is 14.4 Å². The Hall–Kier alpha value is -3.12. The summed E-state index contributed by atoms with van der Waals surface area (Å²) in [7, 11) is 2.63. The van der Waals surface area contributed by atoms with Gasteiger partial charge >= 0.3 is 11.9 Å². The van der Waals surface area contributed by atoms with Crippen LogP contribution in [0, 0.1) is 0 Å². The zero-order chi connectivity index (χ0) is 21.8. The summed E-state index contributed by atoms with van der Waals surface area (Å²) in [5.74, 6) is -1.52. The molecule has 30 heavy (non-hydrogen) atoms. The van der Waals surface area contributed by atoms with E-state index in [1.54, 1.807) is 48.2 Å². The molecule has 1 aliphatic rings. The number of halogens is 1. The van der Waals surface area contributed by atoms with E-state index in [4.69, 9.17) is 21.1 Å². The molecule has 0 aliphatic carbocycles. The van der Waals surface area contributed by atoms with Crippen molar-refractivity contribution in [2.75, 3.05) is 14.2 Å². The van der Waals surface area contributed by atoms with E-state index in [1.807, 2.05) is 12.1 Å². The van der Waals surface area contributed by atoms with Gasteiger partial charge in [0.05, 0.1) is 31.9 Å². The number of esters is 2. The molecule has 3 rings (SSSR count). The molecule has 0 spiro atoms. The highest BCUT2D eigenvalue weighted by atomic mass is 35.5. The predicted octanol–water partition coefficient (Wildman–Crippen LogP) is 4.09. The molecule has 156 valence electrons. The first-order chi connectivity index (χ1) is 14.3. The summed E-state index contributed by atoms with van der Waals surface area (Å²) in [5.41, 5.74) is 2.86. The van der Waals surface area contributed by atoms with Crippen molar-refractivity contribution in [3.05, 3.63) is 81.5 Å². The molecule has 7 heteroatoms. The van der Waals surface area contributed by atoms with Gasteiger partial charge in [-0.15, -0.1) is 0 Å². The van der Waals surface area contributed by atoms with E-state index in [0.717, 1.165) is 11.1 Å². The number of hydrogen-bond acceptors (Lipinski definition) is 5. The van der Waals surface area contributed by atoms with Crippen molar-refractivity contribution < 1.29 is 23.9 Å². The molecule has 1 aliphatic heterocycles. The molecule has 0 radical (unpaired) electrons. The van der Waals surface area contributed by atoms with Crippen LogP contribution in [0.4, 0.5) is 0 Å². The number of carbonyl (C=O) groups excluding carboxylic acids is 3. The van der Waals surface area contributed by atoms with Crippen molar-refractivity contribution in [2.45, 2.75) is 25.8 Å². The quantitative estimate of drug-likeness (QED) is 0.672. The van der Waals surface area contributed by atoms with Crippen molar-refractivity contribution in [3.8, 4) is 0 Å². The molecule has 2 aromatic rings. The van der Waals surface area contributed by atoms with Gasteiger partial charge in [0.2, 0.25) is 5.91 Å². The second-order valence-corrected chi connectivity index (χ2v) is 7.41. The first-order valence-corrected chi connectivity index (χ1v) is 9.75. The molecule has 2 aromatic carbocycles. The first-order valence-electron chi connectivity index (χ1n) is 9.37. The molecule has 0 bridgehead atoms. The van der Waals surface area contributed by atoms with Gasteiger partial charge in [0, 0.05) is 23.1 Å². The van der Waals surface area contributed by atoms with Crippen LogP contribution >= 0.6 is 11.6 Å². The SMILES string of the molecule is COC(=O)C1=C(C)N(Cc2cccc(C(=O)OC)c2)C(=O)CC1c1cccc(Cl)c1. The van der Waals surface area contributed by atoms with E-state index in [-0.39, 0.29) is 18.9 Å². The topological polar surface area (TPSA) is 72.9 Å². The highest BCUT2D eigenvalue weighted by molar-refractivity contribution is 6.30. The third-order valence-electron chi connectivity index (χ3n) is 5.17. The summed E-state index contributed by atoms with van der Waals surface area (Å²) in [6.07, 6.45) is 0.110. The Labute approximate surface area is 180 Å². The molecule has 1 unspecified atom stereocenters. The van der Waals surface area contributed by atoms with Gasteiger partial charge in [0.25, 0.3) is 0 Å². The zero-order valence-corrected chi connectivity index (χ0v) is 17.7. The minimum Gasteiger partial charge on any atom is -0.466 e. The van der Waals surface area contributed by atoms with Gasteiger partial charge in [-0.2, -0.15) is 0 Å². The lowest BCUT2D eigenvalue weighted by atomic mass is 9.83. The Morgan fingerprint density at radius 3 is 2.43 bits per heavy atom. The van der Waals surface area contributed by atoms with E-state index in [2.05, 4.69) is 0 Å². The van der Waals surface area contributed by atoms with Crippen LogP contribution in [0.5, 0.6) is 0 Å². The number of hydrogen-bond donors (Lipinski definition) is 0. The number of allylic oxidation sites excluding steroid dienone is 1. The molecular formula is C23H22ClNO5. The normalized spacial score (nSPS) is 16.5. The molecule has 0 N–H and O–H groups in total. The molecule has 6 nitrogen and oxygen atoms in total. The maximum Gasteiger partial charge on any atom is 0.337 e. The molecule has 0 fully saturated rings. The smallest absolute Gasteiger partial charge is 0.337 e. The summed E-state index contributed by atoms with van der Waals surface area (Å²) < 4.78 is 9.77. The zero-order valence-electron chi connectivity index (χ0n) is 17.0. The van der Waals surface area contributed by atoms with Gasteiger partial charge in [-0.3, -0.25) is 4.79 Å². The van der Waals surface area contributed by atoms with Crippen LogP contribution in [0.1, 0.15) is 40.7 Å². The van der Waals surface area contributed by atoms with Crippen LogP contribution in [0.25, 0.3) is 0 Å². The number of methoxy groups -OCH3 is 2. The molecule has 1 atom stereocenters. The third kappa shape index (κ3) is 4.39. The minimum absolute atomic E-state index is 0.110. The number of ether oxygens (including phenoxy) is 2. The molecule has 1 amide bonds. The van der Waals surface area contributed by atoms with Crippen molar-refractivity contribution in [1.29, 1.82) is 0 Å². The lowest BCUT2D eigenvalue weighted by molar-refractivity contribution is -0.138. The molecular weight excluding hydrogens is 406 g/mol. The largest absolute Gasteiger partial charge is 0.466 e. The van der Waals surface area contributed by atoms with Gasteiger partial charge in [0.1, 0.15) is 0 Å². The predicted molar refractivity (Wildman–Crippen MR) is 112 cm³/mol. The van der Waals surface area contributed by atoms with Gasteiger partial charge in [-0.25, -0.2) is 9.59 Å². The summed E-state index contributed by atoms with van der Waals surface area (Å²) in [4.78, 5) is 39.0. The fraction of sp³-hybridized carbons (Fsp3) is 0.261. The Balaban J connectivity index is 2.00. The number of carbonyl (C=O) groups is 3. The maximum absolute atomic E-state index is 13.0. The van der Waals surface area contributed by atoms with E-state index in [9.17, 15) is 14.4 Å². The second-order valence-electron chi connectivity index (χ2n) is 6.97. The highest BCUT2D eigenvalue weighted by Crippen LogP contribution is 2.38. The Morgan fingerprint density at radius 2 is 1.77 bits per heavy atom. The van der Waals surface area contributed by atoms with Crippen molar-refractivity contribution >= 4 is 29.4 Å². The van der Waals surface area contributed by atoms with Crippen LogP contribution in [-0.4, -0.2) is 37.0 Å². The molecule has 0 saturated carbocycles. The van der Waals surface area contributed by atoms with Crippen LogP contribution < -0.4 is 0 Å². The first kappa shape index (κ1) is 21.6. The third-order valence-corrected chi connectivity index (χ3v) is 5.40. The highest BCUT2D eigenvalue weighted by Gasteiger charge is 2.36.